The molecule has 0 spiro atoms. The van der Waals surface area contributed by atoms with Crippen LogP contribution in [0.3, 0.4) is 0 Å². The van der Waals surface area contributed by atoms with Crippen molar-refractivity contribution >= 4 is 10.8 Å². The minimum atomic E-state index is 0.109. The average molecular weight is 305 g/mol. The second-order valence-electron chi connectivity index (χ2n) is 5.95. The Labute approximate surface area is 139 Å². The fraction of sp³-hybridized carbons (Fsp3) is 0.0952. The summed E-state index contributed by atoms with van der Waals surface area (Å²) in [6, 6.07) is 22.2. The van der Waals surface area contributed by atoms with Crippen LogP contribution < -0.4 is 0 Å². The van der Waals surface area contributed by atoms with Gasteiger partial charge in [-0.2, -0.15) is 15.8 Å². The van der Waals surface area contributed by atoms with E-state index in [1.807, 2.05) is 12.1 Å². The van der Waals surface area contributed by atoms with Crippen molar-refractivity contribution < 1.29 is 0 Å². The molecular formula is C21H11N3. The number of nitriles is 3. The third kappa shape index (κ3) is 1.88. The molecule has 3 aromatic carbocycles. The zero-order chi connectivity index (χ0) is 16.7. The monoisotopic (exact) mass is 305 g/mol. The van der Waals surface area contributed by atoms with Gasteiger partial charge in [-0.1, -0.05) is 36.4 Å². The Bertz CT molecular complexity index is 1080. The number of nitrogens with zero attached hydrogens (tertiary/aromatic N) is 3. The quantitative estimate of drug-likeness (QED) is 0.678. The highest BCUT2D eigenvalue weighted by Gasteiger charge is 2.27. The van der Waals surface area contributed by atoms with E-state index in [0.717, 1.165) is 12.0 Å². The SMILES string of the molecule is N#Cc1cc(C2Cc3cccc4cccc2c34)cc(C#N)c1C#N. The first-order valence-electron chi connectivity index (χ1n) is 7.65. The summed E-state index contributed by atoms with van der Waals surface area (Å²) in [5.74, 6) is 0.109. The van der Waals surface area contributed by atoms with Crippen molar-refractivity contribution in [3.05, 3.63) is 81.9 Å². The van der Waals surface area contributed by atoms with E-state index < -0.39 is 0 Å². The Hall–Kier alpha value is -3.61. The van der Waals surface area contributed by atoms with E-state index in [2.05, 4.69) is 42.5 Å². The second-order valence-corrected chi connectivity index (χ2v) is 5.95. The fourth-order valence-corrected chi connectivity index (χ4v) is 3.70. The molecule has 24 heavy (non-hydrogen) atoms. The predicted octanol–water partition coefficient (Wildman–Crippen LogP) is 4.14. The largest absolute Gasteiger partial charge is 0.192 e. The van der Waals surface area contributed by atoms with Crippen LogP contribution in [0.1, 0.15) is 39.3 Å². The van der Waals surface area contributed by atoms with Crippen LogP contribution in [0.5, 0.6) is 0 Å². The molecule has 1 aliphatic carbocycles. The van der Waals surface area contributed by atoms with Gasteiger partial charge in [0, 0.05) is 5.92 Å². The highest BCUT2D eigenvalue weighted by atomic mass is 14.3. The fourth-order valence-electron chi connectivity index (χ4n) is 3.70. The molecule has 0 fully saturated rings. The highest BCUT2D eigenvalue weighted by Crippen LogP contribution is 2.42. The van der Waals surface area contributed by atoms with Gasteiger partial charge in [0.05, 0.1) is 16.7 Å². The summed E-state index contributed by atoms with van der Waals surface area (Å²) in [5, 5.41) is 30.4. The lowest BCUT2D eigenvalue weighted by Crippen LogP contribution is -2.02. The van der Waals surface area contributed by atoms with Crippen molar-refractivity contribution in [3.8, 4) is 18.2 Å². The lowest BCUT2D eigenvalue weighted by Gasteiger charge is -2.14. The molecule has 3 heteroatoms. The lowest BCUT2D eigenvalue weighted by molar-refractivity contribution is 0.846. The number of rotatable bonds is 1. The summed E-state index contributed by atoms with van der Waals surface area (Å²) in [6.45, 7) is 0. The third-order valence-electron chi connectivity index (χ3n) is 4.74. The molecule has 0 aliphatic heterocycles. The molecule has 3 aromatic rings. The van der Waals surface area contributed by atoms with E-state index in [4.69, 9.17) is 0 Å². The summed E-state index contributed by atoms with van der Waals surface area (Å²) < 4.78 is 0. The Kier molecular flexibility index (Phi) is 3.06. The van der Waals surface area contributed by atoms with E-state index in [-0.39, 0.29) is 22.6 Å². The molecule has 0 aromatic heterocycles. The first kappa shape index (κ1) is 14.0. The molecule has 0 radical (unpaired) electrons. The Balaban J connectivity index is 1.95. The van der Waals surface area contributed by atoms with Gasteiger partial charge in [0.25, 0.3) is 0 Å². The summed E-state index contributed by atoms with van der Waals surface area (Å²) in [6.07, 6.45) is 0.846. The van der Waals surface area contributed by atoms with Crippen molar-refractivity contribution in [2.75, 3.05) is 0 Å². The molecular weight excluding hydrogens is 294 g/mol. The standard InChI is InChI=1S/C21H11N3/c22-10-16-7-15(8-17(11-23)20(16)12-24)19-9-14-5-1-3-13-4-2-6-18(19)21(13)14/h1-8,19H,9H2. The highest BCUT2D eigenvalue weighted by molar-refractivity contribution is 5.92. The molecule has 3 nitrogen and oxygen atoms in total. The van der Waals surface area contributed by atoms with Gasteiger partial charge in [-0.05, 0) is 46.0 Å². The van der Waals surface area contributed by atoms with Crippen molar-refractivity contribution in [2.45, 2.75) is 12.3 Å². The molecule has 0 bridgehead atoms. The minimum Gasteiger partial charge on any atom is -0.192 e. The van der Waals surface area contributed by atoms with Crippen molar-refractivity contribution in [1.29, 1.82) is 15.8 Å². The molecule has 4 rings (SSSR count). The minimum absolute atomic E-state index is 0.109. The van der Waals surface area contributed by atoms with E-state index in [1.54, 1.807) is 12.1 Å². The van der Waals surface area contributed by atoms with E-state index in [1.165, 1.54) is 21.9 Å². The predicted molar refractivity (Wildman–Crippen MR) is 90.1 cm³/mol. The van der Waals surface area contributed by atoms with Crippen LogP contribution >= 0.6 is 0 Å². The van der Waals surface area contributed by atoms with E-state index in [9.17, 15) is 15.8 Å². The summed E-state index contributed by atoms with van der Waals surface area (Å²) in [4.78, 5) is 0. The molecule has 1 aliphatic rings. The molecule has 1 unspecified atom stereocenters. The van der Waals surface area contributed by atoms with Crippen LogP contribution in [0.4, 0.5) is 0 Å². The van der Waals surface area contributed by atoms with Crippen molar-refractivity contribution in [3.63, 3.8) is 0 Å². The molecule has 110 valence electrons. The van der Waals surface area contributed by atoms with Gasteiger partial charge in [0.1, 0.15) is 18.2 Å². The van der Waals surface area contributed by atoms with Gasteiger partial charge >= 0.3 is 0 Å². The molecule has 1 atom stereocenters. The van der Waals surface area contributed by atoms with Gasteiger partial charge < -0.3 is 0 Å². The van der Waals surface area contributed by atoms with Gasteiger partial charge in [0.15, 0.2) is 0 Å². The Morgan fingerprint density at radius 2 is 1.50 bits per heavy atom. The summed E-state index contributed by atoms with van der Waals surface area (Å²) >= 11 is 0. The number of hydrogen-bond acceptors (Lipinski definition) is 3. The van der Waals surface area contributed by atoms with Crippen LogP contribution in [0.25, 0.3) is 10.8 Å². The molecule has 0 saturated carbocycles. The van der Waals surface area contributed by atoms with E-state index in [0.29, 0.717) is 0 Å². The maximum Gasteiger partial charge on any atom is 0.102 e. The number of hydrogen-bond donors (Lipinski definition) is 0. The van der Waals surface area contributed by atoms with Gasteiger partial charge in [0.2, 0.25) is 0 Å². The lowest BCUT2D eigenvalue weighted by atomic mass is 9.88. The van der Waals surface area contributed by atoms with Gasteiger partial charge in [-0.3, -0.25) is 0 Å². The van der Waals surface area contributed by atoms with Gasteiger partial charge in [-0.25, -0.2) is 0 Å². The first-order valence-corrected chi connectivity index (χ1v) is 7.65. The second kappa shape index (κ2) is 5.24. The molecule has 0 N–H and O–H groups in total. The number of benzene rings is 3. The maximum absolute atomic E-state index is 9.35. The van der Waals surface area contributed by atoms with Crippen LogP contribution in [0.15, 0.2) is 48.5 Å². The molecule has 0 saturated heterocycles. The summed E-state index contributed by atoms with van der Waals surface area (Å²) in [7, 11) is 0. The Morgan fingerprint density at radius 3 is 2.12 bits per heavy atom. The topological polar surface area (TPSA) is 71.4 Å². The van der Waals surface area contributed by atoms with Crippen molar-refractivity contribution in [2.24, 2.45) is 0 Å². The Morgan fingerprint density at radius 1 is 0.833 bits per heavy atom. The molecule has 0 amide bonds. The summed E-state index contributed by atoms with van der Waals surface area (Å²) in [5.41, 5.74) is 4.14. The average Bonchev–Trinajstić information content (AvgIpc) is 3.01. The third-order valence-corrected chi connectivity index (χ3v) is 4.74. The van der Waals surface area contributed by atoms with Crippen LogP contribution in [-0.2, 0) is 6.42 Å². The van der Waals surface area contributed by atoms with Crippen LogP contribution in [0, 0.1) is 34.0 Å². The zero-order valence-electron chi connectivity index (χ0n) is 12.7. The first-order chi connectivity index (χ1) is 11.8. The van der Waals surface area contributed by atoms with Gasteiger partial charge in [-0.15, -0.1) is 0 Å². The van der Waals surface area contributed by atoms with Crippen LogP contribution in [0.2, 0.25) is 0 Å². The normalized spacial score (nSPS) is 14.8. The van der Waals surface area contributed by atoms with Crippen molar-refractivity contribution in [1.82, 2.24) is 0 Å². The van der Waals surface area contributed by atoms with E-state index >= 15 is 0 Å². The smallest absolute Gasteiger partial charge is 0.102 e. The zero-order valence-corrected chi connectivity index (χ0v) is 12.7. The maximum atomic E-state index is 9.35. The van der Waals surface area contributed by atoms with Crippen LogP contribution in [-0.4, -0.2) is 0 Å². The molecule has 0 heterocycles.